The Balaban J connectivity index is 0.000000561. The lowest BCUT2D eigenvalue weighted by Gasteiger charge is -1.96. The molecule has 0 heterocycles. The van der Waals surface area contributed by atoms with Crippen LogP contribution in [0, 0.1) is 0 Å². The van der Waals surface area contributed by atoms with E-state index in [9.17, 15) is 0 Å². The number of rotatable bonds is 2. The number of hydrogen-bond donors (Lipinski definition) is 0. The van der Waals surface area contributed by atoms with Gasteiger partial charge in [-0.2, -0.15) is 0 Å². The topological polar surface area (TPSA) is 9.23 Å². The number of para-hydroxylation sites is 1. The summed E-state index contributed by atoms with van der Waals surface area (Å²) in [6, 6.07) is 9.68. The van der Waals surface area contributed by atoms with Crippen LogP contribution in [0.3, 0.4) is 0 Å². The number of benzene rings is 1. The number of ether oxygens (including phenoxy) is 1. The summed E-state index contributed by atoms with van der Waals surface area (Å²) in [5.74, 6) is 0.876. The summed E-state index contributed by atoms with van der Waals surface area (Å²) in [5.41, 5.74) is 0. The molecule has 0 fully saturated rings. The summed E-state index contributed by atoms with van der Waals surface area (Å²) in [5, 5.41) is 0. The Morgan fingerprint density at radius 3 is 2.17 bits per heavy atom. The van der Waals surface area contributed by atoms with Crippen LogP contribution in [0.5, 0.6) is 5.75 Å². The number of allylic oxidation sites excluding steroid dienone is 1. The minimum absolute atomic E-state index is 0.876. The van der Waals surface area contributed by atoms with Crippen LogP contribution in [0.15, 0.2) is 42.7 Å². The second-order valence-corrected chi connectivity index (χ2v) is 1.90. The molecule has 12 heavy (non-hydrogen) atoms. The molecular weight excluding hydrogens is 148 g/mol. The maximum atomic E-state index is 5.17. The van der Waals surface area contributed by atoms with Gasteiger partial charge in [-0.05, 0) is 19.1 Å². The molecule has 1 rings (SSSR count). The maximum Gasteiger partial charge on any atom is 0.126 e. The lowest BCUT2D eigenvalue weighted by atomic mass is 10.3. The highest BCUT2D eigenvalue weighted by Gasteiger charge is 1.83. The zero-order valence-electron chi connectivity index (χ0n) is 7.95. The van der Waals surface area contributed by atoms with E-state index in [1.807, 2.05) is 57.2 Å². The van der Waals surface area contributed by atoms with E-state index in [4.69, 9.17) is 4.74 Å². The highest BCUT2D eigenvalue weighted by molar-refractivity contribution is 5.21. The van der Waals surface area contributed by atoms with E-state index in [-0.39, 0.29) is 0 Å². The van der Waals surface area contributed by atoms with Crippen LogP contribution in [-0.2, 0) is 0 Å². The van der Waals surface area contributed by atoms with Crippen molar-refractivity contribution in [2.24, 2.45) is 0 Å². The Bertz CT molecular complexity index is 202. The number of hydrogen-bond acceptors (Lipinski definition) is 1. The predicted octanol–water partition coefficient (Wildman–Crippen LogP) is 3.63. The van der Waals surface area contributed by atoms with Gasteiger partial charge < -0.3 is 4.74 Å². The van der Waals surface area contributed by atoms with Gasteiger partial charge in [0.1, 0.15) is 5.75 Å². The van der Waals surface area contributed by atoms with Crippen molar-refractivity contribution in [3.63, 3.8) is 0 Å². The van der Waals surface area contributed by atoms with Gasteiger partial charge in [0.25, 0.3) is 0 Å². The molecule has 1 nitrogen and oxygen atoms in total. The van der Waals surface area contributed by atoms with Crippen LogP contribution in [0.4, 0.5) is 0 Å². The molecule has 0 aliphatic heterocycles. The molecule has 66 valence electrons. The summed E-state index contributed by atoms with van der Waals surface area (Å²) in [6.07, 6.45) is 3.52. The van der Waals surface area contributed by atoms with Crippen LogP contribution in [0.1, 0.15) is 20.8 Å². The normalized spacial score (nSPS) is 8.92. The summed E-state index contributed by atoms with van der Waals surface area (Å²) < 4.78 is 5.17. The first-order valence-corrected chi connectivity index (χ1v) is 4.26. The summed E-state index contributed by atoms with van der Waals surface area (Å²) in [6.45, 7) is 5.92. The SMILES string of the molecule is C/C=C/Oc1ccccc1.CC. The van der Waals surface area contributed by atoms with Gasteiger partial charge >= 0.3 is 0 Å². The van der Waals surface area contributed by atoms with Crippen molar-refractivity contribution in [3.8, 4) is 5.75 Å². The molecule has 1 aromatic rings. The van der Waals surface area contributed by atoms with Gasteiger partial charge in [-0.25, -0.2) is 0 Å². The third kappa shape index (κ3) is 4.56. The molecule has 0 saturated heterocycles. The quantitative estimate of drug-likeness (QED) is 0.606. The molecule has 0 aliphatic rings. The van der Waals surface area contributed by atoms with Gasteiger partial charge in [0, 0.05) is 0 Å². The largest absolute Gasteiger partial charge is 0.465 e. The van der Waals surface area contributed by atoms with Gasteiger partial charge in [0.15, 0.2) is 0 Å². The van der Waals surface area contributed by atoms with E-state index >= 15 is 0 Å². The third-order valence-electron chi connectivity index (χ3n) is 1.08. The molecule has 0 amide bonds. The van der Waals surface area contributed by atoms with Crippen molar-refractivity contribution in [1.82, 2.24) is 0 Å². The fraction of sp³-hybridized carbons (Fsp3) is 0.273. The second-order valence-electron chi connectivity index (χ2n) is 1.90. The molecule has 0 atom stereocenters. The van der Waals surface area contributed by atoms with Crippen molar-refractivity contribution in [3.05, 3.63) is 42.7 Å². The fourth-order valence-electron chi connectivity index (χ4n) is 0.646. The molecule has 1 aromatic carbocycles. The average molecular weight is 164 g/mol. The highest BCUT2D eigenvalue weighted by Crippen LogP contribution is 2.07. The fourth-order valence-corrected chi connectivity index (χ4v) is 0.646. The Morgan fingerprint density at radius 1 is 1.08 bits per heavy atom. The maximum absolute atomic E-state index is 5.17. The lowest BCUT2D eigenvalue weighted by molar-refractivity contribution is 0.480. The standard InChI is InChI=1S/C9H10O.C2H6/c1-2-8-10-9-6-4-3-5-7-9;1-2/h2-8H,1H3;1-2H3/b8-2+;. The summed E-state index contributed by atoms with van der Waals surface area (Å²) in [4.78, 5) is 0. The van der Waals surface area contributed by atoms with Gasteiger partial charge in [0.05, 0.1) is 6.26 Å². The van der Waals surface area contributed by atoms with Crippen LogP contribution < -0.4 is 4.74 Å². The first-order chi connectivity index (χ1) is 5.93. The molecule has 0 unspecified atom stereocenters. The van der Waals surface area contributed by atoms with Crippen molar-refractivity contribution in [1.29, 1.82) is 0 Å². The van der Waals surface area contributed by atoms with E-state index in [0.717, 1.165) is 5.75 Å². The van der Waals surface area contributed by atoms with Crippen molar-refractivity contribution >= 4 is 0 Å². The Hall–Kier alpha value is -1.24. The average Bonchev–Trinajstić information content (AvgIpc) is 2.19. The van der Waals surface area contributed by atoms with Crippen LogP contribution in [0.2, 0.25) is 0 Å². The molecular formula is C11H16O. The Labute approximate surface area is 74.7 Å². The Morgan fingerprint density at radius 2 is 1.67 bits per heavy atom. The van der Waals surface area contributed by atoms with Crippen LogP contribution >= 0.6 is 0 Å². The minimum Gasteiger partial charge on any atom is -0.465 e. The lowest BCUT2D eigenvalue weighted by Crippen LogP contribution is -1.78. The predicted molar refractivity (Wildman–Crippen MR) is 53.2 cm³/mol. The monoisotopic (exact) mass is 164 g/mol. The highest BCUT2D eigenvalue weighted by atomic mass is 16.5. The molecule has 1 heteroatoms. The van der Waals surface area contributed by atoms with E-state index in [2.05, 4.69) is 0 Å². The van der Waals surface area contributed by atoms with Crippen LogP contribution in [-0.4, -0.2) is 0 Å². The molecule has 0 aromatic heterocycles. The van der Waals surface area contributed by atoms with Gasteiger partial charge in [-0.1, -0.05) is 38.1 Å². The van der Waals surface area contributed by atoms with Crippen LogP contribution in [0.25, 0.3) is 0 Å². The summed E-state index contributed by atoms with van der Waals surface area (Å²) in [7, 11) is 0. The molecule has 0 bridgehead atoms. The van der Waals surface area contributed by atoms with Gasteiger partial charge in [-0.3, -0.25) is 0 Å². The van der Waals surface area contributed by atoms with E-state index in [0.29, 0.717) is 0 Å². The second kappa shape index (κ2) is 7.86. The molecule has 0 spiro atoms. The molecule has 0 saturated carbocycles. The van der Waals surface area contributed by atoms with Gasteiger partial charge in [0.2, 0.25) is 0 Å². The smallest absolute Gasteiger partial charge is 0.126 e. The van der Waals surface area contributed by atoms with Crippen molar-refractivity contribution < 1.29 is 4.74 Å². The van der Waals surface area contributed by atoms with E-state index in [1.165, 1.54) is 0 Å². The zero-order chi connectivity index (χ0) is 9.23. The first-order valence-electron chi connectivity index (χ1n) is 4.26. The first kappa shape index (κ1) is 10.8. The van der Waals surface area contributed by atoms with E-state index < -0.39 is 0 Å². The van der Waals surface area contributed by atoms with Crippen molar-refractivity contribution in [2.45, 2.75) is 20.8 Å². The van der Waals surface area contributed by atoms with E-state index in [1.54, 1.807) is 6.26 Å². The third-order valence-corrected chi connectivity index (χ3v) is 1.08. The minimum atomic E-state index is 0.876. The zero-order valence-corrected chi connectivity index (χ0v) is 7.95. The Kier molecular flexibility index (Phi) is 7.05. The molecule has 0 radical (unpaired) electrons. The molecule has 0 N–H and O–H groups in total. The molecule has 0 aliphatic carbocycles. The van der Waals surface area contributed by atoms with Gasteiger partial charge in [-0.15, -0.1) is 0 Å². The van der Waals surface area contributed by atoms with Crippen molar-refractivity contribution in [2.75, 3.05) is 0 Å². The summed E-state index contributed by atoms with van der Waals surface area (Å²) >= 11 is 0.